The lowest BCUT2D eigenvalue weighted by atomic mass is 9.77. The van der Waals surface area contributed by atoms with E-state index in [0.717, 1.165) is 30.5 Å². The second-order valence-corrected chi connectivity index (χ2v) is 7.96. The molecule has 1 unspecified atom stereocenters. The normalized spacial score (nSPS) is 19.3. The van der Waals surface area contributed by atoms with Crippen LogP contribution in [0.2, 0.25) is 0 Å². The molecule has 2 aliphatic rings. The van der Waals surface area contributed by atoms with Crippen LogP contribution >= 0.6 is 0 Å². The minimum Gasteiger partial charge on any atom is -0.483 e. The van der Waals surface area contributed by atoms with Gasteiger partial charge in [-0.3, -0.25) is 14.6 Å². The SMILES string of the molecule is CN(C)c1nc2c(c(=O)[nH]1)CCC21CCCN(C(=O)Nc2ccc(F)cc2)C1.O=CO. The Bertz CT molecular complexity index is 1010. The lowest BCUT2D eigenvalue weighted by molar-refractivity contribution is -0.122. The van der Waals surface area contributed by atoms with Crippen molar-refractivity contribution < 1.29 is 19.1 Å². The van der Waals surface area contributed by atoms with Gasteiger partial charge in [0.1, 0.15) is 5.82 Å². The number of H-pyrrole nitrogens is 1. The molecule has 9 nitrogen and oxygen atoms in total. The summed E-state index contributed by atoms with van der Waals surface area (Å²) in [6.07, 6.45) is 3.25. The molecule has 166 valence electrons. The molecule has 2 aromatic rings. The van der Waals surface area contributed by atoms with Gasteiger partial charge in [0.05, 0.1) is 5.69 Å². The summed E-state index contributed by atoms with van der Waals surface area (Å²) in [5.74, 6) is 0.198. The van der Waals surface area contributed by atoms with E-state index < -0.39 is 0 Å². The van der Waals surface area contributed by atoms with Crippen molar-refractivity contribution in [1.29, 1.82) is 0 Å². The summed E-state index contributed by atoms with van der Waals surface area (Å²) in [5, 5.41) is 9.72. The van der Waals surface area contributed by atoms with Crippen LogP contribution in [-0.4, -0.2) is 59.7 Å². The van der Waals surface area contributed by atoms with Gasteiger partial charge in [-0.15, -0.1) is 0 Å². The van der Waals surface area contributed by atoms with Crippen molar-refractivity contribution in [3.8, 4) is 0 Å². The van der Waals surface area contributed by atoms with Crippen molar-refractivity contribution in [2.45, 2.75) is 31.1 Å². The second-order valence-electron chi connectivity index (χ2n) is 7.96. The molecule has 1 fully saturated rings. The molecule has 0 saturated carbocycles. The van der Waals surface area contributed by atoms with Crippen molar-refractivity contribution >= 4 is 24.1 Å². The van der Waals surface area contributed by atoms with Crippen LogP contribution in [0.4, 0.5) is 20.8 Å². The van der Waals surface area contributed by atoms with Crippen LogP contribution in [0.15, 0.2) is 29.1 Å². The van der Waals surface area contributed by atoms with Crippen molar-refractivity contribution in [2.24, 2.45) is 0 Å². The first-order valence-corrected chi connectivity index (χ1v) is 10.00. The molecule has 1 saturated heterocycles. The summed E-state index contributed by atoms with van der Waals surface area (Å²) in [6.45, 7) is 0.921. The first-order chi connectivity index (χ1) is 14.8. The van der Waals surface area contributed by atoms with Crippen LogP contribution in [0.1, 0.15) is 30.5 Å². The highest BCUT2D eigenvalue weighted by atomic mass is 19.1. The maximum absolute atomic E-state index is 13.1. The summed E-state index contributed by atoms with van der Waals surface area (Å²) in [5.41, 5.74) is 1.76. The number of anilines is 2. The summed E-state index contributed by atoms with van der Waals surface area (Å²) in [7, 11) is 3.69. The number of piperidine rings is 1. The predicted molar refractivity (Wildman–Crippen MR) is 114 cm³/mol. The van der Waals surface area contributed by atoms with E-state index in [1.54, 1.807) is 21.9 Å². The number of benzene rings is 1. The van der Waals surface area contributed by atoms with Gasteiger partial charge in [0.25, 0.3) is 12.0 Å². The number of amides is 2. The van der Waals surface area contributed by atoms with Crippen molar-refractivity contribution in [3.05, 3.63) is 51.7 Å². The van der Waals surface area contributed by atoms with Gasteiger partial charge in [-0.2, -0.15) is 0 Å². The number of rotatable bonds is 2. The number of fused-ring (bicyclic) bond motifs is 2. The molecule has 10 heteroatoms. The lowest BCUT2D eigenvalue weighted by Crippen LogP contribution is -2.49. The zero-order chi connectivity index (χ0) is 22.6. The number of aromatic amines is 1. The molecule has 31 heavy (non-hydrogen) atoms. The highest BCUT2D eigenvalue weighted by Crippen LogP contribution is 2.43. The molecule has 2 amide bonds. The van der Waals surface area contributed by atoms with Gasteiger partial charge >= 0.3 is 6.03 Å². The molecule has 1 aliphatic carbocycles. The zero-order valence-electron chi connectivity index (χ0n) is 17.5. The maximum Gasteiger partial charge on any atom is 0.321 e. The molecular weight excluding hydrogens is 405 g/mol. The fraction of sp³-hybridized carbons (Fsp3) is 0.429. The van der Waals surface area contributed by atoms with Gasteiger partial charge in [-0.1, -0.05) is 0 Å². The number of nitrogens with one attached hydrogen (secondary N) is 2. The first-order valence-electron chi connectivity index (χ1n) is 10.00. The molecule has 1 atom stereocenters. The van der Waals surface area contributed by atoms with Gasteiger partial charge in [0, 0.05) is 43.9 Å². The second kappa shape index (κ2) is 9.15. The number of carbonyl (C=O) groups is 2. The number of hydrogen-bond donors (Lipinski definition) is 3. The Kier molecular flexibility index (Phi) is 6.57. The van der Waals surface area contributed by atoms with Crippen molar-refractivity contribution in [1.82, 2.24) is 14.9 Å². The first kappa shape index (κ1) is 22.3. The molecule has 0 radical (unpaired) electrons. The Morgan fingerprint density at radius 1 is 1.32 bits per heavy atom. The van der Waals surface area contributed by atoms with E-state index in [2.05, 4.69) is 10.3 Å². The van der Waals surface area contributed by atoms with Gasteiger partial charge in [-0.05, 0) is 49.9 Å². The van der Waals surface area contributed by atoms with E-state index >= 15 is 0 Å². The number of carboxylic acid groups (broad SMARTS) is 1. The Hall–Kier alpha value is -3.43. The van der Waals surface area contributed by atoms with Crippen molar-refractivity contribution in [3.63, 3.8) is 0 Å². The summed E-state index contributed by atoms with van der Waals surface area (Å²) in [6, 6.07) is 5.51. The van der Waals surface area contributed by atoms with E-state index in [-0.39, 0.29) is 29.3 Å². The topological polar surface area (TPSA) is 119 Å². The smallest absolute Gasteiger partial charge is 0.321 e. The van der Waals surface area contributed by atoms with Crippen LogP contribution in [0, 0.1) is 5.82 Å². The standard InChI is InChI=1S/C20H24FN5O2.CH2O2/c1-25(2)18-23-16-15(17(27)24-18)8-10-20(16)9-3-11-26(12-20)19(28)22-14-6-4-13(21)5-7-14;2-1-3/h4-7H,3,8-12H2,1-2H3,(H,22,28)(H,23,24,27);1H,(H,2,3). The fourth-order valence-corrected chi connectivity index (χ4v) is 4.29. The quantitative estimate of drug-likeness (QED) is 0.628. The highest BCUT2D eigenvalue weighted by molar-refractivity contribution is 5.89. The number of aromatic nitrogens is 2. The molecular formula is C21H26FN5O4. The Balaban J connectivity index is 0.000000858. The van der Waals surface area contributed by atoms with Crippen LogP contribution in [-0.2, 0) is 16.6 Å². The van der Waals surface area contributed by atoms with Crippen LogP contribution in [0.5, 0.6) is 0 Å². The molecule has 1 spiro atoms. The summed E-state index contributed by atoms with van der Waals surface area (Å²) in [4.78, 5) is 44.8. The zero-order valence-corrected chi connectivity index (χ0v) is 17.5. The lowest BCUT2D eigenvalue weighted by Gasteiger charge is -2.40. The minimum atomic E-state index is -0.342. The number of halogens is 1. The average molecular weight is 431 g/mol. The molecule has 1 aromatic heterocycles. The molecule has 1 aromatic carbocycles. The third-order valence-electron chi connectivity index (χ3n) is 5.74. The van der Waals surface area contributed by atoms with Crippen LogP contribution in [0.3, 0.4) is 0 Å². The molecule has 3 N–H and O–H groups in total. The predicted octanol–water partition coefficient (Wildman–Crippen LogP) is 2.19. The Morgan fingerprint density at radius 2 is 2.00 bits per heavy atom. The van der Waals surface area contributed by atoms with Gasteiger partial charge < -0.3 is 20.2 Å². The molecule has 0 bridgehead atoms. The fourth-order valence-electron chi connectivity index (χ4n) is 4.29. The van der Waals surface area contributed by atoms with E-state index in [0.29, 0.717) is 31.1 Å². The van der Waals surface area contributed by atoms with Crippen LogP contribution in [0.25, 0.3) is 0 Å². The monoisotopic (exact) mass is 431 g/mol. The van der Waals surface area contributed by atoms with E-state index in [1.807, 2.05) is 14.1 Å². The van der Waals surface area contributed by atoms with E-state index in [9.17, 15) is 14.0 Å². The summed E-state index contributed by atoms with van der Waals surface area (Å²) >= 11 is 0. The van der Waals surface area contributed by atoms with Crippen molar-refractivity contribution in [2.75, 3.05) is 37.4 Å². The number of urea groups is 1. The van der Waals surface area contributed by atoms with E-state index in [1.165, 1.54) is 12.1 Å². The van der Waals surface area contributed by atoms with Crippen LogP contribution < -0.4 is 15.8 Å². The minimum absolute atomic E-state index is 0.0848. The van der Waals surface area contributed by atoms with E-state index in [4.69, 9.17) is 14.9 Å². The number of nitrogens with zero attached hydrogens (tertiary/aromatic N) is 3. The van der Waals surface area contributed by atoms with Gasteiger partial charge in [-0.25, -0.2) is 14.2 Å². The summed E-state index contributed by atoms with van der Waals surface area (Å²) < 4.78 is 13.1. The Labute approximate surface area is 178 Å². The molecule has 4 rings (SSSR count). The Morgan fingerprint density at radius 3 is 2.65 bits per heavy atom. The number of likely N-dealkylation sites (tertiary alicyclic amines) is 1. The highest BCUT2D eigenvalue weighted by Gasteiger charge is 2.45. The number of carbonyl (C=O) groups excluding carboxylic acids is 1. The maximum atomic E-state index is 13.1. The average Bonchev–Trinajstić information content (AvgIpc) is 3.08. The largest absolute Gasteiger partial charge is 0.483 e. The van der Waals surface area contributed by atoms with Gasteiger partial charge in [0.2, 0.25) is 5.95 Å². The molecule has 1 aliphatic heterocycles. The molecule has 2 heterocycles. The third kappa shape index (κ3) is 4.68. The number of hydrogen-bond acceptors (Lipinski definition) is 5. The van der Waals surface area contributed by atoms with Gasteiger partial charge in [0.15, 0.2) is 0 Å². The third-order valence-corrected chi connectivity index (χ3v) is 5.74.